The van der Waals surface area contributed by atoms with Crippen molar-refractivity contribution in [2.75, 3.05) is 32.6 Å². The molecule has 0 aromatic heterocycles. The van der Waals surface area contributed by atoms with Gasteiger partial charge in [0.15, 0.2) is 0 Å². The number of unbranched alkanes of at least 4 members (excludes halogenated alkanes) is 2. The molecule has 1 amide bonds. The Morgan fingerprint density at radius 2 is 1.74 bits per heavy atom. The largest absolute Gasteiger partial charge is 0.494 e. The summed E-state index contributed by atoms with van der Waals surface area (Å²) in [5.74, 6) is 0.976. The monoisotopic (exact) mass is 568 g/mol. The van der Waals surface area contributed by atoms with Crippen molar-refractivity contribution in [1.82, 2.24) is 9.62 Å². The summed E-state index contributed by atoms with van der Waals surface area (Å²) in [6.45, 7) is 9.73. The molecule has 1 atom stereocenters. The average Bonchev–Trinajstić information content (AvgIpc) is 2.87. The number of ether oxygens (including phenoxy) is 3. The van der Waals surface area contributed by atoms with Crippen LogP contribution in [0.4, 0.5) is 4.79 Å². The van der Waals surface area contributed by atoms with E-state index in [2.05, 4.69) is 4.72 Å². The van der Waals surface area contributed by atoms with Crippen molar-refractivity contribution < 1.29 is 32.2 Å². The van der Waals surface area contributed by atoms with Crippen molar-refractivity contribution >= 4 is 22.1 Å². The van der Waals surface area contributed by atoms with Crippen LogP contribution in [0.3, 0.4) is 0 Å². The first-order chi connectivity index (χ1) is 18.4. The number of carbonyl (C=O) groups is 2. The second-order valence-electron chi connectivity index (χ2n) is 11.4. The van der Waals surface area contributed by atoms with E-state index in [1.165, 1.54) is 7.11 Å². The maximum absolute atomic E-state index is 12.4. The summed E-state index contributed by atoms with van der Waals surface area (Å²) in [7, 11) is -2.17. The Morgan fingerprint density at radius 1 is 1.08 bits per heavy atom. The van der Waals surface area contributed by atoms with Gasteiger partial charge in [0.25, 0.3) is 0 Å². The molecular weight excluding hydrogens is 520 g/mol. The SMILES string of the molecule is CCCCS(=O)(=O)N[C@H](CC(=O)OC)Cc1ccc(OCCCCC2CCN(C(=O)OC(C)(C)C)CC2)cc1. The Labute approximate surface area is 235 Å². The lowest BCUT2D eigenvalue weighted by molar-refractivity contribution is -0.141. The van der Waals surface area contributed by atoms with Gasteiger partial charge in [0.1, 0.15) is 11.4 Å². The Bertz CT molecular complexity index is 982. The van der Waals surface area contributed by atoms with Gasteiger partial charge in [-0.15, -0.1) is 0 Å². The number of sulfonamides is 1. The summed E-state index contributed by atoms with van der Waals surface area (Å²) >= 11 is 0. The van der Waals surface area contributed by atoms with Crippen molar-refractivity contribution in [3.05, 3.63) is 29.8 Å². The Kier molecular flexibility index (Phi) is 13.5. The molecule has 10 heteroatoms. The molecule has 0 spiro atoms. The van der Waals surface area contributed by atoms with Crippen LogP contribution in [0.1, 0.15) is 84.6 Å². The predicted octanol–water partition coefficient (Wildman–Crippen LogP) is 5.08. The van der Waals surface area contributed by atoms with Crippen molar-refractivity contribution in [3.8, 4) is 5.75 Å². The van der Waals surface area contributed by atoms with Crippen LogP contribution in [0.5, 0.6) is 5.75 Å². The zero-order valence-corrected chi connectivity index (χ0v) is 25.2. The van der Waals surface area contributed by atoms with Gasteiger partial charge in [-0.2, -0.15) is 0 Å². The molecule has 0 bridgehead atoms. The van der Waals surface area contributed by atoms with E-state index < -0.39 is 27.6 Å². The normalized spacial score (nSPS) is 15.6. The van der Waals surface area contributed by atoms with E-state index in [1.54, 1.807) is 0 Å². The van der Waals surface area contributed by atoms with Crippen LogP contribution < -0.4 is 9.46 Å². The molecule has 9 nitrogen and oxygen atoms in total. The highest BCUT2D eigenvalue weighted by molar-refractivity contribution is 7.89. The molecule has 1 aliphatic heterocycles. The van der Waals surface area contributed by atoms with E-state index in [4.69, 9.17) is 14.2 Å². The zero-order chi connectivity index (χ0) is 28.9. The quantitative estimate of drug-likeness (QED) is 0.232. The third-order valence-corrected chi connectivity index (χ3v) is 8.22. The topological polar surface area (TPSA) is 111 Å². The van der Waals surface area contributed by atoms with E-state index in [1.807, 2.05) is 56.9 Å². The van der Waals surface area contributed by atoms with Gasteiger partial charge in [-0.25, -0.2) is 17.9 Å². The number of benzene rings is 1. The number of hydrogen-bond donors (Lipinski definition) is 1. The Hall–Kier alpha value is -2.33. The molecule has 1 aliphatic rings. The minimum atomic E-state index is -3.47. The molecule has 2 rings (SSSR count). The number of rotatable bonds is 15. The van der Waals surface area contributed by atoms with Crippen LogP contribution in [0, 0.1) is 5.92 Å². The van der Waals surface area contributed by atoms with Gasteiger partial charge in [-0.3, -0.25) is 4.79 Å². The third-order valence-electron chi connectivity index (χ3n) is 6.70. The van der Waals surface area contributed by atoms with Crippen molar-refractivity contribution in [3.63, 3.8) is 0 Å². The van der Waals surface area contributed by atoms with Gasteiger partial charge in [0.05, 0.1) is 25.9 Å². The number of piperidine rings is 1. The van der Waals surface area contributed by atoms with Gasteiger partial charge >= 0.3 is 12.1 Å². The summed E-state index contributed by atoms with van der Waals surface area (Å²) in [5.41, 5.74) is 0.447. The number of hydrogen-bond acceptors (Lipinski definition) is 7. The summed E-state index contributed by atoms with van der Waals surface area (Å²) in [4.78, 5) is 25.9. The first-order valence-corrected chi connectivity index (χ1v) is 15.8. The molecule has 1 aromatic carbocycles. The van der Waals surface area contributed by atoms with E-state index >= 15 is 0 Å². The lowest BCUT2D eigenvalue weighted by Gasteiger charge is -2.33. The lowest BCUT2D eigenvalue weighted by atomic mass is 9.92. The van der Waals surface area contributed by atoms with Crippen LogP contribution in [-0.2, 0) is 30.7 Å². The summed E-state index contributed by atoms with van der Waals surface area (Å²) in [6, 6.07) is 6.99. The minimum Gasteiger partial charge on any atom is -0.494 e. The summed E-state index contributed by atoms with van der Waals surface area (Å²) in [6.07, 6.45) is 6.65. The van der Waals surface area contributed by atoms with Gasteiger partial charge in [0, 0.05) is 19.1 Å². The number of methoxy groups -OCH3 is 1. The minimum absolute atomic E-state index is 0.0276. The second kappa shape index (κ2) is 16.1. The first-order valence-electron chi connectivity index (χ1n) is 14.2. The standard InChI is InChI=1S/C29H48N2O7S/c1-6-7-20-39(34,35)30-25(22-27(32)36-5)21-24-11-13-26(14-12-24)37-19-9-8-10-23-15-17-31(18-16-23)28(33)38-29(2,3)4/h11-14,23,25,30H,6-10,15-22H2,1-5H3/t25-/m0/s1. The van der Waals surface area contributed by atoms with Crippen LogP contribution in [0.2, 0.25) is 0 Å². The number of nitrogens with one attached hydrogen (secondary N) is 1. The Balaban J connectivity index is 1.71. The first kappa shape index (κ1) is 32.9. The molecule has 1 heterocycles. The second-order valence-corrected chi connectivity index (χ2v) is 13.2. The van der Waals surface area contributed by atoms with Gasteiger partial charge in [0.2, 0.25) is 10.0 Å². The summed E-state index contributed by atoms with van der Waals surface area (Å²) in [5, 5.41) is 0. The van der Waals surface area contributed by atoms with Crippen LogP contribution in [0.15, 0.2) is 24.3 Å². The van der Waals surface area contributed by atoms with Crippen molar-refractivity contribution in [1.29, 1.82) is 0 Å². The predicted molar refractivity (Wildman–Crippen MR) is 152 cm³/mol. The zero-order valence-electron chi connectivity index (χ0n) is 24.4. The average molecular weight is 569 g/mol. The van der Waals surface area contributed by atoms with E-state index in [9.17, 15) is 18.0 Å². The maximum atomic E-state index is 12.4. The highest BCUT2D eigenvalue weighted by Gasteiger charge is 2.26. The van der Waals surface area contributed by atoms with E-state index in [0.29, 0.717) is 25.4 Å². The molecule has 1 aromatic rings. The smallest absolute Gasteiger partial charge is 0.410 e. The van der Waals surface area contributed by atoms with Gasteiger partial charge in [-0.1, -0.05) is 31.9 Å². The van der Waals surface area contributed by atoms with E-state index in [0.717, 1.165) is 62.9 Å². The number of amides is 1. The molecular formula is C29H48N2O7S. The number of nitrogens with zero attached hydrogens (tertiary/aromatic N) is 1. The molecule has 1 N–H and O–H groups in total. The van der Waals surface area contributed by atoms with E-state index in [-0.39, 0.29) is 18.3 Å². The molecule has 0 saturated carbocycles. The number of esters is 1. The highest BCUT2D eigenvalue weighted by atomic mass is 32.2. The fraction of sp³-hybridized carbons (Fsp3) is 0.724. The number of carbonyl (C=O) groups excluding carboxylic acids is 2. The molecule has 1 saturated heterocycles. The van der Waals surface area contributed by atoms with Gasteiger partial charge < -0.3 is 19.1 Å². The molecule has 0 unspecified atom stereocenters. The fourth-order valence-corrected chi connectivity index (χ4v) is 6.01. The molecule has 0 aliphatic carbocycles. The molecule has 222 valence electrons. The fourth-order valence-electron chi connectivity index (χ4n) is 4.55. The molecule has 0 radical (unpaired) electrons. The number of likely N-dealkylation sites (tertiary alicyclic amines) is 1. The van der Waals surface area contributed by atoms with Crippen LogP contribution in [-0.4, -0.2) is 69.6 Å². The Morgan fingerprint density at radius 3 is 2.33 bits per heavy atom. The van der Waals surface area contributed by atoms with Crippen LogP contribution >= 0.6 is 0 Å². The highest BCUT2D eigenvalue weighted by Crippen LogP contribution is 2.24. The molecule has 1 fully saturated rings. The maximum Gasteiger partial charge on any atom is 0.410 e. The van der Waals surface area contributed by atoms with Crippen molar-refractivity contribution in [2.24, 2.45) is 5.92 Å². The molecule has 39 heavy (non-hydrogen) atoms. The van der Waals surface area contributed by atoms with Gasteiger partial charge in [-0.05, 0) is 82.9 Å². The summed E-state index contributed by atoms with van der Waals surface area (Å²) < 4.78 is 43.5. The third kappa shape index (κ3) is 13.5. The van der Waals surface area contributed by atoms with Crippen molar-refractivity contribution in [2.45, 2.75) is 97.1 Å². The van der Waals surface area contributed by atoms with Crippen LogP contribution in [0.25, 0.3) is 0 Å². The lowest BCUT2D eigenvalue weighted by Crippen LogP contribution is -2.41.